The van der Waals surface area contributed by atoms with Crippen LogP contribution in [0.15, 0.2) is 18.2 Å². The van der Waals surface area contributed by atoms with Crippen molar-refractivity contribution in [3.8, 4) is 17.6 Å². The fraction of sp³-hybridized carbons (Fsp3) is 0.385. The van der Waals surface area contributed by atoms with Gasteiger partial charge in [-0.2, -0.15) is 5.26 Å². The minimum atomic E-state index is -0.923. The van der Waals surface area contributed by atoms with Gasteiger partial charge < -0.3 is 14.8 Å². The maximum absolute atomic E-state index is 12.0. The molecule has 0 radical (unpaired) electrons. The van der Waals surface area contributed by atoms with Gasteiger partial charge in [-0.05, 0) is 26.0 Å². The van der Waals surface area contributed by atoms with E-state index in [0.717, 1.165) is 0 Å². The first-order chi connectivity index (χ1) is 8.41. The predicted octanol–water partition coefficient (Wildman–Crippen LogP) is 1.74. The third-order valence-electron chi connectivity index (χ3n) is 2.32. The molecule has 1 aromatic rings. The van der Waals surface area contributed by atoms with Crippen molar-refractivity contribution in [1.29, 1.82) is 5.26 Å². The number of carbonyl (C=O) groups is 1. The van der Waals surface area contributed by atoms with Crippen LogP contribution in [0.5, 0.6) is 11.5 Å². The van der Waals surface area contributed by atoms with Gasteiger partial charge in [0.05, 0.1) is 20.3 Å². The zero-order valence-corrected chi connectivity index (χ0v) is 10.9. The maximum atomic E-state index is 12.0. The summed E-state index contributed by atoms with van der Waals surface area (Å²) < 4.78 is 10.2. The topological polar surface area (TPSA) is 71.3 Å². The Kier molecular flexibility index (Phi) is 4.16. The zero-order valence-electron chi connectivity index (χ0n) is 10.9. The fourth-order valence-corrected chi connectivity index (χ4v) is 1.32. The molecule has 0 unspecified atom stereocenters. The summed E-state index contributed by atoms with van der Waals surface area (Å²) in [7, 11) is 3.02. The highest BCUT2D eigenvalue weighted by Crippen LogP contribution is 2.22. The van der Waals surface area contributed by atoms with Crippen molar-refractivity contribution in [2.45, 2.75) is 19.4 Å². The summed E-state index contributed by atoms with van der Waals surface area (Å²) in [4.78, 5) is 12.0. The van der Waals surface area contributed by atoms with E-state index < -0.39 is 5.54 Å². The Morgan fingerprint density at radius 3 is 2.11 bits per heavy atom. The van der Waals surface area contributed by atoms with E-state index in [1.165, 1.54) is 14.2 Å². The summed E-state index contributed by atoms with van der Waals surface area (Å²) in [5.74, 6) is 0.697. The van der Waals surface area contributed by atoms with Crippen LogP contribution in [0.1, 0.15) is 24.2 Å². The largest absolute Gasteiger partial charge is 0.497 e. The quantitative estimate of drug-likeness (QED) is 0.880. The molecule has 5 heteroatoms. The molecule has 0 saturated carbocycles. The van der Waals surface area contributed by atoms with Crippen LogP contribution in [0.25, 0.3) is 0 Å². The van der Waals surface area contributed by atoms with Gasteiger partial charge in [0.15, 0.2) is 0 Å². The van der Waals surface area contributed by atoms with E-state index in [1.54, 1.807) is 32.0 Å². The molecule has 0 aliphatic carbocycles. The van der Waals surface area contributed by atoms with Gasteiger partial charge in [-0.25, -0.2) is 0 Å². The predicted molar refractivity (Wildman–Crippen MR) is 66.7 cm³/mol. The number of nitrogens with one attached hydrogen (secondary N) is 1. The third kappa shape index (κ3) is 3.39. The number of hydrogen-bond donors (Lipinski definition) is 1. The number of benzene rings is 1. The van der Waals surface area contributed by atoms with Gasteiger partial charge in [-0.3, -0.25) is 4.79 Å². The molecule has 1 N–H and O–H groups in total. The second-order valence-corrected chi connectivity index (χ2v) is 4.29. The molecule has 0 atom stereocenters. The van der Waals surface area contributed by atoms with Crippen LogP contribution in [0, 0.1) is 11.3 Å². The normalized spacial score (nSPS) is 10.4. The van der Waals surface area contributed by atoms with Gasteiger partial charge in [-0.1, -0.05) is 0 Å². The smallest absolute Gasteiger partial charge is 0.252 e. The lowest BCUT2D eigenvalue weighted by atomic mass is 10.1. The fourth-order valence-electron chi connectivity index (χ4n) is 1.32. The Bertz CT molecular complexity index is 467. The Morgan fingerprint density at radius 2 is 1.72 bits per heavy atom. The Balaban J connectivity index is 3.02. The Labute approximate surface area is 106 Å². The average Bonchev–Trinajstić information content (AvgIpc) is 2.37. The van der Waals surface area contributed by atoms with Crippen molar-refractivity contribution in [2.75, 3.05) is 14.2 Å². The molecule has 0 aliphatic rings. The lowest BCUT2D eigenvalue weighted by molar-refractivity contribution is 0.0928. The van der Waals surface area contributed by atoms with Crippen LogP contribution in [0.2, 0.25) is 0 Å². The van der Waals surface area contributed by atoms with Gasteiger partial charge in [-0.15, -0.1) is 0 Å². The highest BCUT2D eigenvalue weighted by molar-refractivity contribution is 5.95. The second kappa shape index (κ2) is 5.41. The summed E-state index contributed by atoms with van der Waals surface area (Å²) in [6.07, 6.45) is 0. The standard InChI is InChI=1S/C13H16N2O3/c1-13(2,8-14)15-12(16)9-5-10(17-3)7-11(6-9)18-4/h5-7H,1-4H3,(H,15,16). The summed E-state index contributed by atoms with van der Waals surface area (Å²) in [5.41, 5.74) is -0.539. The molecule has 1 amide bonds. The van der Waals surface area contributed by atoms with Crippen LogP contribution in [0.4, 0.5) is 0 Å². The molecule has 0 bridgehead atoms. The first kappa shape index (κ1) is 13.8. The zero-order chi connectivity index (χ0) is 13.8. The molecule has 0 spiro atoms. The molecule has 5 nitrogen and oxygen atoms in total. The lowest BCUT2D eigenvalue weighted by Gasteiger charge is -2.18. The maximum Gasteiger partial charge on any atom is 0.252 e. The van der Waals surface area contributed by atoms with E-state index in [2.05, 4.69) is 5.32 Å². The number of ether oxygens (including phenoxy) is 2. The Hall–Kier alpha value is -2.22. The van der Waals surface area contributed by atoms with Gasteiger partial charge in [0, 0.05) is 11.6 Å². The van der Waals surface area contributed by atoms with Crippen molar-refractivity contribution in [3.63, 3.8) is 0 Å². The van der Waals surface area contributed by atoms with Crippen molar-refractivity contribution >= 4 is 5.91 Å². The third-order valence-corrected chi connectivity index (χ3v) is 2.32. The highest BCUT2D eigenvalue weighted by Gasteiger charge is 2.21. The molecule has 18 heavy (non-hydrogen) atoms. The minimum Gasteiger partial charge on any atom is -0.497 e. The molecular weight excluding hydrogens is 232 g/mol. The van der Waals surface area contributed by atoms with Crippen LogP contribution < -0.4 is 14.8 Å². The summed E-state index contributed by atoms with van der Waals surface area (Å²) in [5, 5.41) is 11.5. The molecule has 0 heterocycles. The van der Waals surface area contributed by atoms with Gasteiger partial charge >= 0.3 is 0 Å². The molecule has 96 valence electrons. The monoisotopic (exact) mass is 248 g/mol. The van der Waals surface area contributed by atoms with Crippen LogP contribution in [-0.4, -0.2) is 25.7 Å². The highest BCUT2D eigenvalue weighted by atomic mass is 16.5. The minimum absolute atomic E-state index is 0.348. The van der Waals surface area contributed by atoms with Crippen molar-refractivity contribution in [2.24, 2.45) is 0 Å². The van der Waals surface area contributed by atoms with Crippen LogP contribution in [0.3, 0.4) is 0 Å². The average molecular weight is 248 g/mol. The van der Waals surface area contributed by atoms with Gasteiger partial charge in [0.1, 0.15) is 17.0 Å². The van der Waals surface area contributed by atoms with Gasteiger partial charge in [0.2, 0.25) is 0 Å². The summed E-state index contributed by atoms with van der Waals surface area (Å²) >= 11 is 0. The first-order valence-corrected chi connectivity index (χ1v) is 5.38. The number of amides is 1. The van der Waals surface area contributed by atoms with Crippen molar-refractivity contribution in [1.82, 2.24) is 5.32 Å². The van der Waals surface area contributed by atoms with E-state index in [1.807, 2.05) is 6.07 Å². The van der Waals surface area contributed by atoms with E-state index in [-0.39, 0.29) is 5.91 Å². The number of carbonyl (C=O) groups excluding carboxylic acids is 1. The SMILES string of the molecule is COc1cc(OC)cc(C(=O)NC(C)(C)C#N)c1. The van der Waals surface area contributed by atoms with E-state index >= 15 is 0 Å². The number of hydrogen-bond acceptors (Lipinski definition) is 4. The Morgan fingerprint density at radius 1 is 1.22 bits per heavy atom. The first-order valence-electron chi connectivity index (χ1n) is 5.38. The van der Waals surface area contributed by atoms with Crippen molar-refractivity contribution < 1.29 is 14.3 Å². The molecule has 0 aromatic heterocycles. The number of nitriles is 1. The van der Waals surface area contributed by atoms with Crippen LogP contribution in [-0.2, 0) is 0 Å². The van der Waals surface area contributed by atoms with E-state index in [4.69, 9.17) is 14.7 Å². The molecule has 0 aliphatic heterocycles. The second-order valence-electron chi connectivity index (χ2n) is 4.29. The molecule has 1 aromatic carbocycles. The van der Waals surface area contributed by atoms with Gasteiger partial charge in [0.25, 0.3) is 5.91 Å². The molecule has 0 saturated heterocycles. The number of nitrogens with zero attached hydrogens (tertiary/aromatic N) is 1. The summed E-state index contributed by atoms with van der Waals surface area (Å²) in [6.45, 7) is 3.25. The lowest BCUT2D eigenvalue weighted by Crippen LogP contribution is -2.42. The number of methoxy groups -OCH3 is 2. The van der Waals surface area contributed by atoms with E-state index in [9.17, 15) is 4.79 Å². The molecular formula is C13H16N2O3. The summed E-state index contributed by atoms with van der Waals surface area (Å²) in [6, 6.07) is 6.85. The molecule has 0 fully saturated rings. The van der Waals surface area contributed by atoms with E-state index in [0.29, 0.717) is 17.1 Å². The van der Waals surface area contributed by atoms with Crippen LogP contribution >= 0.6 is 0 Å². The molecule has 1 rings (SSSR count). The van der Waals surface area contributed by atoms with Crippen molar-refractivity contribution in [3.05, 3.63) is 23.8 Å². The number of rotatable bonds is 4.